The average molecular weight is 315 g/mol. The molecule has 0 saturated heterocycles. The first kappa shape index (κ1) is 16.5. The molecular weight excluding hydrogens is 290 g/mol. The minimum absolute atomic E-state index is 0.162. The molecule has 3 N–H and O–H groups in total. The fourth-order valence-corrected chi connectivity index (χ4v) is 3.41. The SMILES string of the molecule is COCC(NS(=O)(=O)c1c[nH]c(CNC2CC2)c1)C(C)C. The van der Waals surface area contributed by atoms with Gasteiger partial charge in [-0.05, 0) is 24.8 Å². The molecule has 1 heterocycles. The molecule has 21 heavy (non-hydrogen) atoms. The van der Waals surface area contributed by atoms with Gasteiger partial charge in [-0.2, -0.15) is 0 Å². The number of methoxy groups -OCH3 is 1. The predicted octanol–water partition coefficient (Wildman–Crippen LogP) is 1.22. The largest absolute Gasteiger partial charge is 0.383 e. The van der Waals surface area contributed by atoms with Crippen LogP contribution in [0.4, 0.5) is 0 Å². The lowest BCUT2D eigenvalue weighted by molar-refractivity contribution is 0.157. The van der Waals surface area contributed by atoms with Crippen LogP contribution in [0.5, 0.6) is 0 Å². The summed E-state index contributed by atoms with van der Waals surface area (Å²) in [7, 11) is -1.95. The van der Waals surface area contributed by atoms with E-state index in [0.29, 0.717) is 19.2 Å². The van der Waals surface area contributed by atoms with Crippen molar-refractivity contribution in [2.45, 2.75) is 50.2 Å². The van der Waals surface area contributed by atoms with Crippen molar-refractivity contribution in [3.63, 3.8) is 0 Å². The Kier molecular flexibility index (Phi) is 5.43. The maximum Gasteiger partial charge on any atom is 0.242 e. The Morgan fingerprint density at radius 3 is 2.71 bits per heavy atom. The summed E-state index contributed by atoms with van der Waals surface area (Å²) in [5, 5.41) is 3.35. The van der Waals surface area contributed by atoms with E-state index in [1.54, 1.807) is 13.2 Å². The van der Waals surface area contributed by atoms with Gasteiger partial charge in [-0.25, -0.2) is 13.1 Å². The number of sulfonamides is 1. The molecule has 6 nitrogen and oxygen atoms in total. The number of aromatic amines is 1. The lowest BCUT2D eigenvalue weighted by atomic mass is 10.1. The van der Waals surface area contributed by atoms with Crippen molar-refractivity contribution in [2.24, 2.45) is 5.92 Å². The second-order valence-electron chi connectivity index (χ2n) is 5.94. The molecule has 1 aliphatic carbocycles. The van der Waals surface area contributed by atoms with Crippen LogP contribution in [0.15, 0.2) is 17.2 Å². The number of hydrogen-bond donors (Lipinski definition) is 3. The predicted molar refractivity (Wildman–Crippen MR) is 81.5 cm³/mol. The quantitative estimate of drug-likeness (QED) is 0.640. The van der Waals surface area contributed by atoms with E-state index in [1.165, 1.54) is 19.0 Å². The molecule has 7 heteroatoms. The average Bonchev–Trinajstić information content (AvgIpc) is 3.11. The Bertz CT molecular complexity index is 550. The minimum Gasteiger partial charge on any atom is -0.383 e. The van der Waals surface area contributed by atoms with Crippen molar-refractivity contribution in [2.75, 3.05) is 13.7 Å². The molecule has 1 aromatic rings. The molecule has 0 amide bonds. The van der Waals surface area contributed by atoms with E-state index in [4.69, 9.17) is 4.74 Å². The van der Waals surface area contributed by atoms with Gasteiger partial charge in [0, 0.05) is 37.6 Å². The third-order valence-electron chi connectivity index (χ3n) is 3.64. The number of rotatable bonds is 9. The van der Waals surface area contributed by atoms with Crippen LogP contribution in [0.25, 0.3) is 0 Å². The van der Waals surface area contributed by atoms with Crippen LogP contribution >= 0.6 is 0 Å². The molecule has 0 bridgehead atoms. The molecule has 0 aliphatic heterocycles. The molecule has 1 atom stereocenters. The molecule has 1 unspecified atom stereocenters. The Labute approximate surface area is 126 Å². The van der Waals surface area contributed by atoms with E-state index in [0.717, 1.165) is 5.69 Å². The molecular formula is C14H25N3O3S. The number of H-pyrrole nitrogens is 1. The fourth-order valence-electron chi connectivity index (χ4n) is 2.03. The van der Waals surface area contributed by atoms with Crippen LogP contribution in [0.1, 0.15) is 32.4 Å². The Hall–Kier alpha value is -0.890. The van der Waals surface area contributed by atoms with Crippen molar-refractivity contribution in [1.29, 1.82) is 0 Å². The van der Waals surface area contributed by atoms with Gasteiger partial charge in [0.15, 0.2) is 0 Å². The van der Waals surface area contributed by atoms with E-state index < -0.39 is 10.0 Å². The lowest BCUT2D eigenvalue weighted by Crippen LogP contribution is -2.41. The van der Waals surface area contributed by atoms with Gasteiger partial charge in [0.25, 0.3) is 0 Å². The van der Waals surface area contributed by atoms with Crippen LogP contribution in [0, 0.1) is 5.92 Å². The van der Waals surface area contributed by atoms with Gasteiger partial charge in [0.1, 0.15) is 0 Å². The van der Waals surface area contributed by atoms with Gasteiger partial charge >= 0.3 is 0 Å². The van der Waals surface area contributed by atoms with Gasteiger partial charge < -0.3 is 15.0 Å². The van der Waals surface area contributed by atoms with Gasteiger partial charge in [-0.3, -0.25) is 0 Å². The molecule has 1 saturated carbocycles. The number of hydrogen-bond acceptors (Lipinski definition) is 4. The maximum atomic E-state index is 12.4. The molecule has 0 radical (unpaired) electrons. The molecule has 0 spiro atoms. The zero-order valence-corrected chi connectivity index (χ0v) is 13.7. The topological polar surface area (TPSA) is 83.2 Å². The highest BCUT2D eigenvalue weighted by Crippen LogP contribution is 2.20. The maximum absolute atomic E-state index is 12.4. The van der Waals surface area contributed by atoms with Crippen LogP contribution < -0.4 is 10.0 Å². The van der Waals surface area contributed by atoms with Crippen molar-refractivity contribution < 1.29 is 13.2 Å². The second-order valence-corrected chi connectivity index (χ2v) is 7.66. The summed E-state index contributed by atoms with van der Waals surface area (Å²) < 4.78 is 32.5. The normalized spacial score (nSPS) is 17.3. The highest BCUT2D eigenvalue weighted by Gasteiger charge is 2.24. The van der Waals surface area contributed by atoms with E-state index in [2.05, 4.69) is 15.0 Å². The van der Waals surface area contributed by atoms with E-state index in [1.807, 2.05) is 13.8 Å². The zero-order chi connectivity index (χ0) is 15.5. The minimum atomic E-state index is -3.52. The van der Waals surface area contributed by atoms with E-state index in [9.17, 15) is 8.42 Å². The standard InChI is InChI=1S/C14H25N3O3S/c1-10(2)14(9-20-3)17-21(18,19)13-6-12(16-8-13)7-15-11-4-5-11/h6,8,10-11,14-17H,4-5,7,9H2,1-3H3. The van der Waals surface area contributed by atoms with Crippen LogP contribution in [0.2, 0.25) is 0 Å². The summed E-state index contributed by atoms with van der Waals surface area (Å²) >= 11 is 0. The smallest absolute Gasteiger partial charge is 0.242 e. The summed E-state index contributed by atoms with van der Waals surface area (Å²) in [6.07, 6.45) is 3.96. The molecule has 2 rings (SSSR count). The van der Waals surface area contributed by atoms with Gasteiger partial charge in [0.2, 0.25) is 10.0 Å². The molecule has 1 aliphatic rings. The van der Waals surface area contributed by atoms with Crippen LogP contribution in [-0.2, 0) is 21.3 Å². The molecule has 1 fully saturated rings. The summed E-state index contributed by atoms with van der Waals surface area (Å²) in [5.74, 6) is 0.162. The van der Waals surface area contributed by atoms with Crippen LogP contribution in [0.3, 0.4) is 0 Å². The number of ether oxygens (including phenoxy) is 1. The first-order valence-electron chi connectivity index (χ1n) is 7.34. The first-order chi connectivity index (χ1) is 9.92. The van der Waals surface area contributed by atoms with Gasteiger partial charge in [-0.15, -0.1) is 0 Å². The zero-order valence-electron chi connectivity index (χ0n) is 12.8. The van der Waals surface area contributed by atoms with Crippen molar-refractivity contribution in [1.82, 2.24) is 15.0 Å². The number of aromatic nitrogens is 1. The Balaban J connectivity index is 2.00. The number of nitrogens with one attached hydrogen (secondary N) is 3. The molecule has 1 aromatic heterocycles. The van der Waals surface area contributed by atoms with E-state index in [-0.39, 0.29) is 16.9 Å². The third-order valence-corrected chi connectivity index (χ3v) is 5.11. The van der Waals surface area contributed by atoms with Crippen molar-refractivity contribution >= 4 is 10.0 Å². The molecule has 0 aromatic carbocycles. The fraction of sp³-hybridized carbons (Fsp3) is 0.714. The van der Waals surface area contributed by atoms with Gasteiger partial charge in [-0.1, -0.05) is 13.8 Å². The van der Waals surface area contributed by atoms with Crippen molar-refractivity contribution in [3.05, 3.63) is 18.0 Å². The third kappa shape index (κ3) is 4.81. The summed E-state index contributed by atoms with van der Waals surface area (Å²) in [6.45, 7) is 4.96. The summed E-state index contributed by atoms with van der Waals surface area (Å²) in [6, 6.07) is 2.04. The lowest BCUT2D eigenvalue weighted by Gasteiger charge is -2.20. The first-order valence-corrected chi connectivity index (χ1v) is 8.82. The molecule has 120 valence electrons. The highest BCUT2D eigenvalue weighted by atomic mass is 32.2. The van der Waals surface area contributed by atoms with Crippen LogP contribution in [-0.4, -0.2) is 39.2 Å². The highest BCUT2D eigenvalue weighted by molar-refractivity contribution is 7.89. The summed E-state index contributed by atoms with van der Waals surface area (Å²) in [5.41, 5.74) is 0.884. The van der Waals surface area contributed by atoms with Gasteiger partial charge in [0.05, 0.1) is 11.5 Å². The van der Waals surface area contributed by atoms with E-state index >= 15 is 0 Å². The monoisotopic (exact) mass is 315 g/mol. The Morgan fingerprint density at radius 2 is 2.14 bits per heavy atom. The summed E-state index contributed by atoms with van der Waals surface area (Å²) in [4.78, 5) is 3.29. The van der Waals surface area contributed by atoms with Crippen molar-refractivity contribution in [3.8, 4) is 0 Å². The second kappa shape index (κ2) is 6.91. The Morgan fingerprint density at radius 1 is 1.43 bits per heavy atom.